The summed E-state index contributed by atoms with van der Waals surface area (Å²) < 4.78 is 61.8. The molecule has 2 fully saturated rings. The molecular weight excluding hydrogens is 864 g/mol. The quantitative estimate of drug-likeness (QED) is 0.0594. The first-order valence-corrected chi connectivity index (χ1v) is 20.7. The molecule has 24 heteroatoms. The molecule has 0 spiro atoms. The van der Waals surface area contributed by atoms with E-state index in [1.807, 2.05) is 0 Å². The number of likely N-dealkylation sites (tertiary alicyclic amines) is 1. The molecule has 3 aromatic heterocycles. The van der Waals surface area contributed by atoms with Crippen LogP contribution in [0.4, 0.5) is 30.4 Å². The van der Waals surface area contributed by atoms with Gasteiger partial charge in [-0.15, -0.1) is 0 Å². The third-order valence-corrected chi connectivity index (χ3v) is 10.7. The van der Waals surface area contributed by atoms with Crippen molar-refractivity contribution in [2.45, 2.75) is 43.9 Å². The average molecular weight is 910 g/mol. The summed E-state index contributed by atoms with van der Waals surface area (Å²) in [5, 5.41) is 14.4. The molecule has 4 aromatic rings. The highest BCUT2D eigenvalue weighted by Gasteiger charge is 2.45. The van der Waals surface area contributed by atoms with Crippen LogP contribution >= 0.6 is 0 Å². The van der Waals surface area contributed by atoms with Gasteiger partial charge in [0.25, 0.3) is 23.6 Å². The van der Waals surface area contributed by atoms with E-state index in [1.165, 1.54) is 30.6 Å². The van der Waals surface area contributed by atoms with E-state index in [2.05, 4.69) is 41.2 Å². The molecule has 3 aliphatic rings. The molecule has 1 atom stereocenters. The van der Waals surface area contributed by atoms with E-state index in [0.29, 0.717) is 71.3 Å². The number of hydrogen-bond donors (Lipinski definition) is 5. The highest BCUT2D eigenvalue weighted by atomic mass is 19.4. The number of hydrogen-bond acceptors (Lipinski definition) is 16. The molecule has 2 saturated heterocycles. The highest BCUT2D eigenvalue weighted by molar-refractivity contribution is 6.25. The van der Waals surface area contributed by atoms with Crippen molar-refractivity contribution >= 4 is 52.6 Å². The van der Waals surface area contributed by atoms with Crippen LogP contribution in [0.5, 0.6) is 0 Å². The van der Waals surface area contributed by atoms with E-state index in [1.54, 1.807) is 16.8 Å². The largest absolute Gasteiger partial charge is 0.444 e. The smallest absolute Gasteiger partial charge is 0.405 e. The van der Waals surface area contributed by atoms with Crippen LogP contribution in [-0.4, -0.2) is 150 Å². The number of oxazole rings is 1. The molecule has 1 unspecified atom stereocenters. The summed E-state index contributed by atoms with van der Waals surface area (Å²) in [6, 6.07) is 6.50. The van der Waals surface area contributed by atoms with Crippen LogP contribution in [0.25, 0.3) is 11.5 Å². The lowest BCUT2D eigenvalue weighted by atomic mass is 10.0. The number of piperidine rings is 2. The van der Waals surface area contributed by atoms with Gasteiger partial charge >= 0.3 is 6.18 Å². The molecule has 3 aliphatic heterocycles. The summed E-state index contributed by atoms with van der Waals surface area (Å²) in [6.07, 6.45) is 0.970. The summed E-state index contributed by atoms with van der Waals surface area (Å²) in [4.78, 5) is 86.7. The average Bonchev–Trinajstić information content (AvgIpc) is 4.01. The van der Waals surface area contributed by atoms with Gasteiger partial charge in [0.2, 0.25) is 17.7 Å². The molecule has 1 aromatic carbocycles. The molecule has 0 bridgehead atoms. The maximum Gasteiger partial charge on any atom is 0.405 e. The number of alkyl halides is 3. The lowest BCUT2D eigenvalue weighted by molar-refractivity contribution is -0.136. The third kappa shape index (κ3) is 11.7. The Morgan fingerprint density at radius 1 is 0.923 bits per heavy atom. The fourth-order valence-corrected chi connectivity index (χ4v) is 7.46. The van der Waals surface area contributed by atoms with Crippen LogP contribution in [-0.2, 0) is 23.8 Å². The number of aromatic nitrogens is 4. The van der Waals surface area contributed by atoms with Crippen molar-refractivity contribution in [1.82, 2.24) is 34.9 Å². The molecule has 0 radical (unpaired) electrons. The number of pyridine rings is 1. The zero-order valence-corrected chi connectivity index (χ0v) is 34.9. The predicted octanol–water partition coefficient (Wildman–Crippen LogP) is 2.46. The van der Waals surface area contributed by atoms with Crippen LogP contribution < -0.4 is 27.0 Å². The third-order valence-electron chi connectivity index (χ3n) is 10.7. The SMILES string of the molecule is NC(=O)c1nn(C2CCN(CCOCCOCCOCCNc3cccc4c3C(=O)N(C3CCC(=O)NC3=O)C4=O)CC2)cc1NC(=O)c1coc(-c2ccnc(NCC(F)(F)F)c2)n1. The molecule has 0 saturated carbocycles. The van der Waals surface area contributed by atoms with E-state index in [4.69, 9.17) is 24.4 Å². The van der Waals surface area contributed by atoms with Gasteiger partial charge in [0.15, 0.2) is 11.4 Å². The second-order valence-corrected chi connectivity index (χ2v) is 15.1. The van der Waals surface area contributed by atoms with Gasteiger partial charge in [-0.1, -0.05) is 6.07 Å². The molecule has 0 aliphatic carbocycles. The highest BCUT2D eigenvalue weighted by Crippen LogP contribution is 2.33. The zero-order chi connectivity index (χ0) is 46.1. The fraction of sp³-hybridized carbons (Fsp3) is 0.439. The fourth-order valence-electron chi connectivity index (χ4n) is 7.46. The molecule has 6 N–H and O–H groups in total. The standard InChI is InChI=1S/C41H46F3N11O10/c42-41(43,44)23-48-31-20-24(6-9-47-31)38-50-29(22-65-38)36(58)49-28-21-54(52-34(28)35(45)57)25-7-11-53(12-8-25)13-15-63-17-19-64-18-16-62-14-10-46-27-3-1-2-26-33(27)40(61)55(39(26)60)30-4-5-32(56)51-37(30)59/h1-3,6,9,20-22,25,30,46H,4-5,7-8,10-19,23H2,(H2,45,57)(H,47,48)(H,49,58)(H,51,56,59). The van der Waals surface area contributed by atoms with Gasteiger partial charge in [0.05, 0.1) is 62.5 Å². The number of amides is 6. The topological polar surface area (TPSA) is 267 Å². The Kier molecular flexibility index (Phi) is 14.8. The van der Waals surface area contributed by atoms with E-state index in [0.717, 1.165) is 24.3 Å². The molecule has 7 rings (SSSR count). The van der Waals surface area contributed by atoms with Gasteiger partial charge in [0, 0.05) is 56.2 Å². The summed E-state index contributed by atoms with van der Waals surface area (Å²) in [6.45, 7) is 3.43. The summed E-state index contributed by atoms with van der Waals surface area (Å²) in [7, 11) is 0. The Bertz CT molecular complexity index is 2400. The Morgan fingerprint density at radius 3 is 2.38 bits per heavy atom. The van der Waals surface area contributed by atoms with Crippen LogP contribution in [0.1, 0.15) is 73.4 Å². The number of nitrogens with zero attached hydrogens (tertiary/aromatic N) is 6. The second-order valence-electron chi connectivity index (χ2n) is 15.1. The number of benzene rings is 1. The lowest BCUT2D eigenvalue weighted by Gasteiger charge is -2.31. The van der Waals surface area contributed by atoms with Crippen molar-refractivity contribution in [3.63, 3.8) is 0 Å². The second kappa shape index (κ2) is 20.8. The van der Waals surface area contributed by atoms with Crippen molar-refractivity contribution in [3.05, 3.63) is 71.5 Å². The van der Waals surface area contributed by atoms with E-state index in [9.17, 15) is 41.9 Å². The first kappa shape index (κ1) is 46.2. The first-order chi connectivity index (χ1) is 31.3. The minimum absolute atomic E-state index is 0.0339. The number of rotatable bonds is 21. The lowest BCUT2D eigenvalue weighted by Crippen LogP contribution is -2.54. The molecule has 346 valence electrons. The van der Waals surface area contributed by atoms with Crippen molar-refractivity contribution in [2.24, 2.45) is 5.73 Å². The predicted molar refractivity (Wildman–Crippen MR) is 222 cm³/mol. The van der Waals surface area contributed by atoms with Crippen LogP contribution in [0.3, 0.4) is 0 Å². The summed E-state index contributed by atoms with van der Waals surface area (Å²) >= 11 is 0. The Morgan fingerprint density at radius 2 is 1.66 bits per heavy atom. The van der Waals surface area contributed by atoms with E-state index < -0.39 is 54.2 Å². The Hall–Kier alpha value is -6.76. The summed E-state index contributed by atoms with van der Waals surface area (Å²) in [5.41, 5.74) is 6.48. The number of halogens is 3. The van der Waals surface area contributed by atoms with Crippen molar-refractivity contribution < 1.29 is 60.6 Å². The van der Waals surface area contributed by atoms with Gasteiger partial charge in [-0.2, -0.15) is 18.3 Å². The number of primary amides is 1. The maximum atomic E-state index is 13.2. The number of anilines is 3. The minimum Gasteiger partial charge on any atom is -0.444 e. The number of carbonyl (C=O) groups is 6. The van der Waals surface area contributed by atoms with E-state index >= 15 is 0 Å². The number of carbonyl (C=O) groups excluding carboxylic acids is 6. The van der Waals surface area contributed by atoms with Crippen molar-refractivity contribution in [1.29, 1.82) is 0 Å². The molecule has 21 nitrogen and oxygen atoms in total. The van der Waals surface area contributed by atoms with Crippen molar-refractivity contribution in [3.8, 4) is 11.5 Å². The number of imide groups is 2. The van der Waals surface area contributed by atoms with E-state index in [-0.39, 0.29) is 64.4 Å². The van der Waals surface area contributed by atoms with Crippen LogP contribution in [0, 0.1) is 0 Å². The summed E-state index contributed by atoms with van der Waals surface area (Å²) in [5.74, 6) is -3.93. The monoisotopic (exact) mass is 909 g/mol. The number of nitrogens with one attached hydrogen (secondary N) is 4. The zero-order valence-electron chi connectivity index (χ0n) is 34.9. The van der Waals surface area contributed by atoms with Gasteiger partial charge < -0.3 is 45.2 Å². The Labute approximate surface area is 368 Å². The van der Waals surface area contributed by atoms with Gasteiger partial charge in [0.1, 0.15) is 24.7 Å². The van der Waals surface area contributed by atoms with Crippen LogP contribution in [0.15, 0.2) is 53.4 Å². The molecular formula is C41H46F3N11O10. The van der Waals surface area contributed by atoms with Crippen molar-refractivity contribution in [2.75, 3.05) is 88.3 Å². The maximum absolute atomic E-state index is 13.2. The number of nitrogens with two attached hydrogens (primary N) is 1. The number of fused-ring (bicyclic) bond motifs is 1. The Balaban J connectivity index is 0.754. The van der Waals surface area contributed by atoms with Crippen LogP contribution in [0.2, 0.25) is 0 Å². The van der Waals surface area contributed by atoms with Gasteiger partial charge in [-0.05, 0) is 43.5 Å². The molecule has 6 amide bonds. The molecule has 6 heterocycles. The minimum atomic E-state index is -4.45. The van der Waals surface area contributed by atoms with Gasteiger partial charge in [-0.25, -0.2) is 9.97 Å². The molecule has 65 heavy (non-hydrogen) atoms. The number of ether oxygens (including phenoxy) is 3. The van der Waals surface area contributed by atoms with Gasteiger partial charge in [-0.3, -0.25) is 43.7 Å². The first-order valence-electron chi connectivity index (χ1n) is 20.7. The normalized spacial score (nSPS) is 17.0.